The van der Waals surface area contributed by atoms with Crippen LogP contribution in [-0.2, 0) is 28.8 Å². The summed E-state index contributed by atoms with van der Waals surface area (Å²) in [7, 11) is 0. The predicted molar refractivity (Wildman–Crippen MR) is 108 cm³/mol. The molecule has 13 heteroatoms. The summed E-state index contributed by atoms with van der Waals surface area (Å²) in [6, 6.07) is -5.25. The predicted octanol–water partition coefficient (Wildman–Crippen LogP) is -1.65. The zero-order valence-electron chi connectivity index (χ0n) is 17.9. The smallest absolute Gasteiger partial charge is 0.326 e. The van der Waals surface area contributed by atoms with Gasteiger partial charge in [0.15, 0.2) is 0 Å². The van der Waals surface area contributed by atoms with E-state index in [9.17, 15) is 28.8 Å². The number of carbonyl (C=O) groups is 6. The summed E-state index contributed by atoms with van der Waals surface area (Å²) in [5.74, 6) is -6.64. The van der Waals surface area contributed by atoms with E-state index in [-0.39, 0.29) is 18.9 Å². The zero-order valence-corrected chi connectivity index (χ0v) is 17.9. The first-order valence-corrected chi connectivity index (χ1v) is 10.2. The molecule has 1 fully saturated rings. The van der Waals surface area contributed by atoms with Gasteiger partial charge >= 0.3 is 17.9 Å². The molecule has 1 rings (SSSR count). The Kier molecular flexibility index (Phi) is 10.0. The molecular weight excluding hydrogens is 428 g/mol. The Morgan fingerprint density at radius 3 is 2.03 bits per heavy atom. The van der Waals surface area contributed by atoms with Crippen LogP contribution in [0.1, 0.15) is 46.0 Å². The van der Waals surface area contributed by atoms with E-state index in [2.05, 4.69) is 10.6 Å². The van der Waals surface area contributed by atoms with E-state index in [1.807, 2.05) is 13.8 Å². The molecule has 0 aliphatic carbocycles. The summed E-state index contributed by atoms with van der Waals surface area (Å²) in [6.07, 6.45) is -0.735. The van der Waals surface area contributed by atoms with Crippen molar-refractivity contribution >= 4 is 35.6 Å². The maximum atomic E-state index is 13.0. The maximum Gasteiger partial charge on any atom is 0.326 e. The molecule has 1 aliphatic heterocycles. The van der Waals surface area contributed by atoms with E-state index in [0.717, 1.165) is 4.90 Å². The van der Waals surface area contributed by atoms with Crippen LogP contribution in [0.5, 0.6) is 0 Å². The van der Waals surface area contributed by atoms with Crippen molar-refractivity contribution in [2.24, 2.45) is 11.7 Å². The number of nitrogens with two attached hydrogens (primary N) is 1. The molecule has 0 saturated carbocycles. The molecule has 1 saturated heterocycles. The van der Waals surface area contributed by atoms with Gasteiger partial charge in [0.25, 0.3) is 0 Å². The molecule has 0 unspecified atom stereocenters. The number of rotatable bonds is 12. The Hall–Kier alpha value is -3.22. The van der Waals surface area contributed by atoms with Crippen LogP contribution in [0.25, 0.3) is 0 Å². The van der Waals surface area contributed by atoms with Crippen LogP contribution < -0.4 is 16.4 Å². The van der Waals surface area contributed by atoms with Gasteiger partial charge in [0, 0.05) is 6.54 Å². The molecule has 32 heavy (non-hydrogen) atoms. The van der Waals surface area contributed by atoms with E-state index < -0.39 is 72.6 Å². The number of likely N-dealkylation sites (tertiary alicyclic amines) is 1. The number of carboxylic acid groups (broad SMARTS) is 3. The fourth-order valence-corrected chi connectivity index (χ4v) is 3.41. The SMILES string of the molecule is CC(C)C[C@H](N)C(=O)N[C@@H](CC(=O)O)C(=O)N1CCC[C@H]1C(=O)N[C@@H](CC(=O)O)C(=O)O. The summed E-state index contributed by atoms with van der Waals surface area (Å²) in [5, 5.41) is 31.5. The van der Waals surface area contributed by atoms with Crippen molar-refractivity contribution < 1.29 is 44.1 Å². The van der Waals surface area contributed by atoms with E-state index in [1.165, 1.54) is 0 Å². The van der Waals surface area contributed by atoms with E-state index in [1.54, 1.807) is 0 Å². The molecule has 1 heterocycles. The highest BCUT2D eigenvalue weighted by atomic mass is 16.4. The largest absolute Gasteiger partial charge is 0.481 e. The normalized spacial score (nSPS) is 18.5. The van der Waals surface area contributed by atoms with Crippen LogP contribution in [-0.4, -0.2) is 86.6 Å². The first-order valence-electron chi connectivity index (χ1n) is 10.2. The second-order valence-corrected chi connectivity index (χ2v) is 8.08. The molecule has 4 atom stereocenters. The molecule has 0 bridgehead atoms. The number of amides is 3. The van der Waals surface area contributed by atoms with Gasteiger partial charge in [-0.2, -0.15) is 0 Å². The van der Waals surface area contributed by atoms with E-state index >= 15 is 0 Å². The van der Waals surface area contributed by atoms with Gasteiger partial charge in [0.1, 0.15) is 18.1 Å². The molecule has 0 aromatic carbocycles. The summed E-state index contributed by atoms with van der Waals surface area (Å²) in [5.41, 5.74) is 5.80. The fourth-order valence-electron chi connectivity index (χ4n) is 3.41. The molecular formula is C19H30N4O9. The van der Waals surface area contributed by atoms with Crippen LogP contribution in [0.15, 0.2) is 0 Å². The summed E-state index contributed by atoms with van der Waals surface area (Å²) in [6.45, 7) is 3.77. The van der Waals surface area contributed by atoms with Crippen molar-refractivity contribution in [1.82, 2.24) is 15.5 Å². The second-order valence-electron chi connectivity index (χ2n) is 8.08. The Balaban J connectivity index is 2.96. The highest BCUT2D eigenvalue weighted by Gasteiger charge is 2.40. The Bertz CT molecular complexity index is 755. The number of carbonyl (C=O) groups excluding carboxylic acids is 3. The summed E-state index contributed by atoms with van der Waals surface area (Å²) in [4.78, 5) is 72.2. The molecule has 180 valence electrons. The molecule has 0 aromatic heterocycles. The lowest BCUT2D eigenvalue weighted by Gasteiger charge is -2.29. The lowest BCUT2D eigenvalue weighted by Crippen LogP contribution is -2.57. The Morgan fingerprint density at radius 2 is 1.53 bits per heavy atom. The molecule has 0 spiro atoms. The Labute approximate surface area is 184 Å². The van der Waals surface area contributed by atoms with Crippen LogP contribution in [0.3, 0.4) is 0 Å². The lowest BCUT2D eigenvalue weighted by molar-refractivity contribution is -0.149. The van der Waals surface area contributed by atoms with Gasteiger partial charge in [-0.05, 0) is 25.2 Å². The highest BCUT2D eigenvalue weighted by molar-refractivity contribution is 5.96. The number of hydrogen-bond acceptors (Lipinski definition) is 7. The van der Waals surface area contributed by atoms with Crippen LogP contribution in [0, 0.1) is 5.92 Å². The molecule has 0 radical (unpaired) electrons. The quantitative estimate of drug-likeness (QED) is 0.196. The monoisotopic (exact) mass is 458 g/mol. The van der Waals surface area contributed by atoms with Gasteiger partial charge < -0.3 is 36.6 Å². The van der Waals surface area contributed by atoms with Crippen molar-refractivity contribution in [3.8, 4) is 0 Å². The van der Waals surface area contributed by atoms with Gasteiger partial charge in [0.2, 0.25) is 17.7 Å². The minimum atomic E-state index is -1.69. The molecule has 7 N–H and O–H groups in total. The Morgan fingerprint density at radius 1 is 0.969 bits per heavy atom. The fraction of sp³-hybridized carbons (Fsp3) is 0.684. The third-order valence-corrected chi connectivity index (χ3v) is 4.89. The number of nitrogens with zero attached hydrogens (tertiary/aromatic N) is 1. The second kappa shape index (κ2) is 12.0. The van der Waals surface area contributed by atoms with Crippen molar-refractivity contribution in [3.63, 3.8) is 0 Å². The molecule has 0 aromatic rings. The number of hydrogen-bond donors (Lipinski definition) is 6. The molecule has 13 nitrogen and oxygen atoms in total. The van der Waals surface area contributed by atoms with Crippen LogP contribution >= 0.6 is 0 Å². The molecule has 1 aliphatic rings. The minimum absolute atomic E-state index is 0.0810. The lowest BCUT2D eigenvalue weighted by atomic mass is 10.0. The van der Waals surface area contributed by atoms with Crippen LogP contribution in [0.2, 0.25) is 0 Å². The number of aliphatic carboxylic acids is 3. The van der Waals surface area contributed by atoms with Crippen molar-refractivity contribution in [2.75, 3.05) is 6.54 Å². The van der Waals surface area contributed by atoms with Gasteiger partial charge in [-0.3, -0.25) is 24.0 Å². The van der Waals surface area contributed by atoms with Crippen LogP contribution in [0.4, 0.5) is 0 Å². The number of carboxylic acids is 3. The summed E-state index contributed by atoms with van der Waals surface area (Å²) < 4.78 is 0. The van der Waals surface area contributed by atoms with Crippen molar-refractivity contribution in [1.29, 1.82) is 0 Å². The third kappa shape index (κ3) is 8.13. The first kappa shape index (κ1) is 26.8. The standard InChI is InChI=1S/C19H30N4O9/c1-9(2)6-10(20)16(28)21-11(7-14(24)25)18(30)23-5-3-4-13(23)17(29)22-12(19(31)32)8-15(26)27/h9-13H,3-8,20H2,1-2H3,(H,21,28)(H,22,29)(H,24,25)(H,26,27)(H,31,32)/t10-,11-,12-,13-/m0/s1. The third-order valence-electron chi connectivity index (χ3n) is 4.89. The van der Waals surface area contributed by atoms with Gasteiger partial charge in [-0.1, -0.05) is 13.8 Å². The topological polar surface area (TPSA) is 216 Å². The number of nitrogens with one attached hydrogen (secondary N) is 2. The van der Waals surface area contributed by atoms with Crippen molar-refractivity contribution in [2.45, 2.75) is 70.1 Å². The zero-order chi connectivity index (χ0) is 24.6. The maximum absolute atomic E-state index is 13.0. The van der Waals surface area contributed by atoms with Gasteiger partial charge in [-0.15, -0.1) is 0 Å². The van der Waals surface area contributed by atoms with Crippen molar-refractivity contribution in [3.05, 3.63) is 0 Å². The van der Waals surface area contributed by atoms with E-state index in [0.29, 0.717) is 12.8 Å². The van der Waals surface area contributed by atoms with Gasteiger partial charge in [-0.25, -0.2) is 4.79 Å². The average Bonchev–Trinajstić information content (AvgIpc) is 3.14. The minimum Gasteiger partial charge on any atom is -0.481 e. The van der Waals surface area contributed by atoms with E-state index in [4.69, 9.17) is 21.1 Å². The first-order chi connectivity index (χ1) is 14.8. The summed E-state index contributed by atoms with van der Waals surface area (Å²) >= 11 is 0. The van der Waals surface area contributed by atoms with Gasteiger partial charge in [0.05, 0.1) is 18.9 Å². The average molecular weight is 458 g/mol. The molecule has 3 amide bonds. The highest BCUT2D eigenvalue weighted by Crippen LogP contribution is 2.20.